The standard InChI is InChI=1S/C13H27NO2/c1-4-6-13(3,11-15)10-14-7-8-16-9-12(14)5-2/h12,15H,4-11H2,1-3H3. The highest BCUT2D eigenvalue weighted by Crippen LogP contribution is 2.26. The van der Waals surface area contributed by atoms with Gasteiger partial charge in [0.15, 0.2) is 0 Å². The lowest BCUT2D eigenvalue weighted by Gasteiger charge is -2.41. The van der Waals surface area contributed by atoms with Crippen LogP contribution in [0.4, 0.5) is 0 Å². The van der Waals surface area contributed by atoms with Crippen molar-refractivity contribution in [3.8, 4) is 0 Å². The Morgan fingerprint density at radius 2 is 2.19 bits per heavy atom. The Morgan fingerprint density at radius 3 is 2.75 bits per heavy atom. The Kier molecular flexibility index (Phi) is 5.73. The van der Waals surface area contributed by atoms with Crippen molar-refractivity contribution in [3.63, 3.8) is 0 Å². The topological polar surface area (TPSA) is 32.7 Å². The normalized spacial score (nSPS) is 26.6. The molecule has 3 heteroatoms. The maximum absolute atomic E-state index is 9.55. The minimum absolute atomic E-state index is 0.0551. The number of aliphatic hydroxyl groups excluding tert-OH is 1. The molecule has 0 aromatic heterocycles. The molecule has 1 saturated heterocycles. The second kappa shape index (κ2) is 6.58. The van der Waals surface area contributed by atoms with Crippen LogP contribution in [0.15, 0.2) is 0 Å². The minimum atomic E-state index is 0.0551. The van der Waals surface area contributed by atoms with E-state index in [1.54, 1.807) is 0 Å². The molecule has 0 aromatic rings. The molecule has 0 spiro atoms. The van der Waals surface area contributed by atoms with E-state index in [2.05, 4.69) is 25.7 Å². The SMILES string of the molecule is CCCC(C)(CO)CN1CCOCC1CC. The number of aliphatic hydroxyl groups is 1. The molecule has 0 aromatic carbocycles. The predicted molar refractivity (Wildman–Crippen MR) is 66.6 cm³/mol. The van der Waals surface area contributed by atoms with Gasteiger partial charge in [0.2, 0.25) is 0 Å². The fraction of sp³-hybridized carbons (Fsp3) is 1.00. The van der Waals surface area contributed by atoms with E-state index in [-0.39, 0.29) is 12.0 Å². The van der Waals surface area contributed by atoms with Gasteiger partial charge in [0, 0.05) is 31.2 Å². The van der Waals surface area contributed by atoms with Crippen LogP contribution in [0, 0.1) is 5.41 Å². The zero-order chi connectivity index (χ0) is 12.0. The molecule has 2 atom stereocenters. The fourth-order valence-corrected chi connectivity index (χ4v) is 2.58. The summed E-state index contributed by atoms with van der Waals surface area (Å²) in [6.07, 6.45) is 3.36. The summed E-state index contributed by atoms with van der Waals surface area (Å²) in [6.45, 7) is 10.6. The molecule has 2 unspecified atom stereocenters. The molecule has 1 rings (SSSR count). The van der Waals surface area contributed by atoms with E-state index in [0.717, 1.165) is 45.6 Å². The van der Waals surface area contributed by atoms with Gasteiger partial charge in [0.05, 0.1) is 13.2 Å². The van der Waals surface area contributed by atoms with Gasteiger partial charge < -0.3 is 9.84 Å². The number of morpholine rings is 1. The quantitative estimate of drug-likeness (QED) is 0.755. The lowest BCUT2D eigenvalue weighted by atomic mass is 9.85. The smallest absolute Gasteiger partial charge is 0.0622 e. The summed E-state index contributed by atoms with van der Waals surface area (Å²) in [7, 11) is 0. The minimum Gasteiger partial charge on any atom is -0.396 e. The van der Waals surface area contributed by atoms with Gasteiger partial charge in [-0.2, -0.15) is 0 Å². The summed E-state index contributed by atoms with van der Waals surface area (Å²) in [5.41, 5.74) is 0.0551. The molecule has 0 radical (unpaired) electrons. The summed E-state index contributed by atoms with van der Waals surface area (Å²) in [4.78, 5) is 2.50. The maximum Gasteiger partial charge on any atom is 0.0622 e. The third-order valence-electron chi connectivity index (χ3n) is 3.64. The van der Waals surface area contributed by atoms with Crippen molar-refractivity contribution in [2.75, 3.05) is 32.9 Å². The van der Waals surface area contributed by atoms with Gasteiger partial charge in [0.1, 0.15) is 0 Å². The first kappa shape index (κ1) is 13.9. The predicted octanol–water partition coefficient (Wildman–Crippen LogP) is 1.90. The molecule has 96 valence electrons. The highest BCUT2D eigenvalue weighted by Gasteiger charge is 2.30. The highest BCUT2D eigenvalue weighted by molar-refractivity contribution is 4.82. The van der Waals surface area contributed by atoms with Crippen molar-refractivity contribution in [2.45, 2.75) is 46.1 Å². The van der Waals surface area contributed by atoms with E-state index in [0.29, 0.717) is 6.04 Å². The molecule has 1 N–H and O–H groups in total. The van der Waals surface area contributed by atoms with Crippen molar-refractivity contribution >= 4 is 0 Å². The Bertz CT molecular complexity index is 198. The van der Waals surface area contributed by atoms with Crippen LogP contribution in [0.25, 0.3) is 0 Å². The fourth-order valence-electron chi connectivity index (χ4n) is 2.58. The van der Waals surface area contributed by atoms with Gasteiger partial charge in [-0.05, 0) is 12.8 Å². The third-order valence-corrected chi connectivity index (χ3v) is 3.64. The molecule has 1 aliphatic rings. The van der Waals surface area contributed by atoms with Crippen LogP contribution >= 0.6 is 0 Å². The summed E-state index contributed by atoms with van der Waals surface area (Å²) in [5.74, 6) is 0. The van der Waals surface area contributed by atoms with E-state index >= 15 is 0 Å². The zero-order valence-corrected chi connectivity index (χ0v) is 11.0. The molecule has 3 nitrogen and oxygen atoms in total. The molecule has 1 heterocycles. The Morgan fingerprint density at radius 1 is 1.44 bits per heavy atom. The molecule has 0 saturated carbocycles. The van der Waals surface area contributed by atoms with Gasteiger partial charge in [-0.1, -0.05) is 27.2 Å². The molecule has 0 amide bonds. The highest BCUT2D eigenvalue weighted by atomic mass is 16.5. The van der Waals surface area contributed by atoms with Gasteiger partial charge in [0.25, 0.3) is 0 Å². The lowest BCUT2D eigenvalue weighted by molar-refractivity contribution is -0.0358. The average molecular weight is 229 g/mol. The van der Waals surface area contributed by atoms with Crippen LogP contribution in [-0.2, 0) is 4.74 Å². The first-order chi connectivity index (χ1) is 7.65. The average Bonchev–Trinajstić information content (AvgIpc) is 2.30. The second-order valence-electron chi connectivity index (χ2n) is 5.33. The summed E-state index contributed by atoms with van der Waals surface area (Å²) in [6, 6.07) is 0.538. The molecular weight excluding hydrogens is 202 g/mol. The van der Waals surface area contributed by atoms with Crippen molar-refractivity contribution in [2.24, 2.45) is 5.41 Å². The number of nitrogens with zero attached hydrogens (tertiary/aromatic N) is 1. The van der Waals surface area contributed by atoms with E-state index in [4.69, 9.17) is 4.74 Å². The third kappa shape index (κ3) is 3.72. The van der Waals surface area contributed by atoms with Gasteiger partial charge in [-0.3, -0.25) is 4.90 Å². The molecule has 16 heavy (non-hydrogen) atoms. The molecule has 1 fully saturated rings. The number of rotatable bonds is 6. The molecular formula is C13H27NO2. The van der Waals surface area contributed by atoms with Crippen molar-refractivity contribution in [1.29, 1.82) is 0 Å². The van der Waals surface area contributed by atoms with E-state index in [1.165, 1.54) is 0 Å². The van der Waals surface area contributed by atoms with Gasteiger partial charge >= 0.3 is 0 Å². The van der Waals surface area contributed by atoms with Gasteiger partial charge in [-0.15, -0.1) is 0 Å². The van der Waals surface area contributed by atoms with Crippen molar-refractivity contribution < 1.29 is 9.84 Å². The van der Waals surface area contributed by atoms with Crippen LogP contribution in [0.3, 0.4) is 0 Å². The largest absolute Gasteiger partial charge is 0.396 e. The Labute approximate surface area is 99.8 Å². The lowest BCUT2D eigenvalue weighted by Crippen LogP contribution is -2.50. The van der Waals surface area contributed by atoms with Crippen molar-refractivity contribution in [1.82, 2.24) is 4.90 Å². The zero-order valence-electron chi connectivity index (χ0n) is 11.0. The van der Waals surface area contributed by atoms with E-state index in [1.807, 2.05) is 0 Å². The van der Waals surface area contributed by atoms with Crippen LogP contribution in [0.1, 0.15) is 40.0 Å². The molecule has 1 aliphatic heterocycles. The summed E-state index contributed by atoms with van der Waals surface area (Å²) < 4.78 is 5.51. The second-order valence-corrected chi connectivity index (χ2v) is 5.33. The first-order valence-electron chi connectivity index (χ1n) is 6.58. The number of hydrogen-bond donors (Lipinski definition) is 1. The Balaban J connectivity index is 2.54. The van der Waals surface area contributed by atoms with Crippen molar-refractivity contribution in [3.05, 3.63) is 0 Å². The monoisotopic (exact) mass is 229 g/mol. The Hall–Kier alpha value is -0.120. The van der Waals surface area contributed by atoms with Crippen LogP contribution in [0.5, 0.6) is 0 Å². The van der Waals surface area contributed by atoms with E-state index in [9.17, 15) is 5.11 Å². The summed E-state index contributed by atoms with van der Waals surface area (Å²) in [5, 5.41) is 9.55. The molecule has 0 bridgehead atoms. The molecule has 0 aliphatic carbocycles. The number of hydrogen-bond acceptors (Lipinski definition) is 3. The maximum atomic E-state index is 9.55. The number of ether oxygens (including phenoxy) is 1. The van der Waals surface area contributed by atoms with Crippen LogP contribution in [-0.4, -0.2) is 49.0 Å². The van der Waals surface area contributed by atoms with Crippen LogP contribution in [0.2, 0.25) is 0 Å². The summed E-state index contributed by atoms with van der Waals surface area (Å²) >= 11 is 0. The van der Waals surface area contributed by atoms with E-state index < -0.39 is 0 Å². The first-order valence-corrected chi connectivity index (χ1v) is 6.58. The van der Waals surface area contributed by atoms with Crippen LogP contribution < -0.4 is 0 Å². The van der Waals surface area contributed by atoms with Gasteiger partial charge in [-0.25, -0.2) is 0 Å².